The molecule has 2 heterocycles. The van der Waals surface area contributed by atoms with Crippen molar-refractivity contribution in [3.8, 4) is 11.3 Å². The normalized spacial score (nSPS) is 13.6. The van der Waals surface area contributed by atoms with E-state index in [2.05, 4.69) is 43.9 Å². The van der Waals surface area contributed by atoms with Gasteiger partial charge in [0.1, 0.15) is 0 Å². The van der Waals surface area contributed by atoms with Crippen LogP contribution < -0.4 is 5.19 Å². The highest BCUT2D eigenvalue weighted by Gasteiger charge is 2.36. The first-order chi connectivity index (χ1) is 10.00. The lowest BCUT2D eigenvalue weighted by atomic mass is 10.1. The molecule has 0 saturated carbocycles. The number of aromatic nitrogens is 1. The largest absolute Gasteiger partial charge is 0.276 e. The van der Waals surface area contributed by atoms with Gasteiger partial charge in [-0.3, -0.25) is 9.36 Å². The van der Waals surface area contributed by atoms with Crippen LogP contribution in [0.4, 0.5) is 0 Å². The van der Waals surface area contributed by atoms with Crippen LogP contribution >= 0.6 is 0 Å². The first-order valence-electron chi connectivity index (χ1n) is 7.28. The summed E-state index contributed by atoms with van der Waals surface area (Å²) in [5.74, 6) is 0.112. The van der Waals surface area contributed by atoms with Gasteiger partial charge in [-0.1, -0.05) is 56.0 Å². The third-order valence-electron chi connectivity index (χ3n) is 4.24. The topological polar surface area (TPSA) is 22.0 Å². The molecular formula is C18H17NOSi. The van der Waals surface area contributed by atoms with Crippen molar-refractivity contribution < 1.29 is 4.79 Å². The molecule has 2 aromatic carbocycles. The number of rotatable bonds is 1. The summed E-state index contributed by atoms with van der Waals surface area (Å²) >= 11 is 0. The molecule has 1 aliphatic heterocycles. The molecule has 1 aromatic heterocycles. The average Bonchev–Trinajstić information content (AvgIpc) is 2.93. The van der Waals surface area contributed by atoms with Crippen molar-refractivity contribution in [1.29, 1.82) is 0 Å². The summed E-state index contributed by atoms with van der Waals surface area (Å²) in [7, 11) is -1.57. The fraction of sp³-hybridized carbons (Fsp3) is 0.167. The lowest BCUT2D eigenvalue weighted by Crippen LogP contribution is -2.38. The average molecular weight is 291 g/mol. The van der Waals surface area contributed by atoms with E-state index >= 15 is 0 Å². The fourth-order valence-electron chi connectivity index (χ4n) is 3.46. The Morgan fingerprint density at radius 2 is 1.48 bits per heavy atom. The Hall–Kier alpha value is -2.13. The number of fused-ring (bicyclic) bond motifs is 5. The summed E-state index contributed by atoms with van der Waals surface area (Å²) in [6.07, 6.45) is 0. The molecule has 0 spiro atoms. The van der Waals surface area contributed by atoms with Crippen LogP contribution in [0, 0.1) is 0 Å². The van der Waals surface area contributed by atoms with Gasteiger partial charge in [0.25, 0.3) is 5.91 Å². The minimum absolute atomic E-state index is 0.112. The third kappa shape index (κ3) is 1.55. The second-order valence-corrected chi connectivity index (χ2v) is 11.7. The van der Waals surface area contributed by atoms with Gasteiger partial charge in [-0.2, -0.15) is 0 Å². The van der Waals surface area contributed by atoms with Crippen LogP contribution in [0.5, 0.6) is 0 Å². The van der Waals surface area contributed by atoms with Crippen LogP contribution in [-0.4, -0.2) is 18.5 Å². The number of nitrogens with zero attached hydrogens (tertiary/aromatic N) is 1. The molecule has 104 valence electrons. The Balaban J connectivity index is 2.24. The predicted octanol–water partition coefficient (Wildman–Crippen LogP) is 3.86. The van der Waals surface area contributed by atoms with Gasteiger partial charge in [-0.05, 0) is 22.7 Å². The fourth-order valence-corrected chi connectivity index (χ4v) is 5.44. The molecule has 2 nitrogen and oxygen atoms in total. The number of benzene rings is 2. The Kier molecular flexibility index (Phi) is 2.37. The highest BCUT2D eigenvalue weighted by atomic mass is 28.3. The van der Waals surface area contributed by atoms with E-state index in [1.165, 1.54) is 10.6 Å². The molecule has 0 saturated heterocycles. The molecule has 0 bridgehead atoms. The molecule has 0 amide bonds. The second kappa shape index (κ2) is 3.95. The van der Waals surface area contributed by atoms with E-state index in [1.54, 1.807) is 0 Å². The highest BCUT2D eigenvalue weighted by Crippen LogP contribution is 2.37. The van der Waals surface area contributed by atoms with E-state index in [0.29, 0.717) is 0 Å². The molecule has 0 aliphatic carbocycles. The van der Waals surface area contributed by atoms with Crippen molar-refractivity contribution in [1.82, 2.24) is 4.57 Å². The zero-order valence-electron chi connectivity index (χ0n) is 12.5. The molecule has 0 unspecified atom stereocenters. The van der Waals surface area contributed by atoms with Crippen LogP contribution in [0.3, 0.4) is 0 Å². The quantitative estimate of drug-likeness (QED) is 0.488. The lowest BCUT2D eigenvalue weighted by Gasteiger charge is -2.18. The molecule has 1 aliphatic rings. The van der Waals surface area contributed by atoms with Gasteiger partial charge in [0.15, 0.2) is 0 Å². The molecule has 4 rings (SSSR count). The minimum atomic E-state index is -1.57. The predicted molar refractivity (Wildman–Crippen MR) is 90.1 cm³/mol. The number of carbonyl (C=O) groups excluding carboxylic acids is 1. The Morgan fingerprint density at radius 3 is 2.19 bits per heavy atom. The molecular weight excluding hydrogens is 274 g/mol. The van der Waals surface area contributed by atoms with Gasteiger partial charge < -0.3 is 0 Å². The maximum absolute atomic E-state index is 12.8. The first-order valence-corrected chi connectivity index (χ1v) is 10.8. The molecule has 3 aromatic rings. The van der Waals surface area contributed by atoms with E-state index in [9.17, 15) is 4.79 Å². The first kappa shape index (κ1) is 12.6. The van der Waals surface area contributed by atoms with Crippen molar-refractivity contribution in [3.63, 3.8) is 0 Å². The monoisotopic (exact) mass is 291 g/mol. The van der Waals surface area contributed by atoms with E-state index in [4.69, 9.17) is 0 Å². The van der Waals surface area contributed by atoms with Gasteiger partial charge in [-0.25, -0.2) is 0 Å². The van der Waals surface area contributed by atoms with Crippen molar-refractivity contribution in [2.75, 3.05) is 0 Å². The SMILES string of the molecule is C[Si](C)(C)c1c2n(c3ccccc13)C(=O)c1ccccc1-2. The number of para-hydroxylation sites is 1. The summed E-state index contributed by atoms with van der Waals surface area (Å²) in [6.45, 7) is 7.04. The molecule has 0 fully saturated rings. The van der Waals surface area contributed by atoms with E-state index in [0.717, 1.165) is 22.3 Å². The Bertz CT molecular complexity index is 899. The van der Waals surface area contributed by atoms with Crippen LogP contribution in [-0.2, 0) is 0 Å². The summed E-state index contributed by atoms with van der Waals surface area (Å²) in [5.41, 5.74) is 4.11. The lowest BCUT2D eigenvalue weighted by molar-refractivity contribution is 0.0974. The van der Waals surface area contributed by atoms with Crippen molar-refractivity contribution >= 4 is 30.1 Å². The van der Waals surface area contributed by atoms with Crippen LogP contribution in [0.1, 0.15) is 10.4 Å². The highest BCUT2D eigenvalue weighted by molar-refractivity contribution is 6.91. The third-order valence-corrected chi connectivity index (χ3v) is 6.25. The summed E-state index contributed by atoms with van der Waals surface area (Å²) in [6, 6.07) is 16.3. The van der Waals surface area contributed by atoms with Crippen molar-refractivity contribution in [2.24, 2.45) is 0 Å². The second-order valence-electron chi connectivity index (χ2n) is 6.68. The van der Waals surface area contributed by atoms with Gasteiger partial charge >= 0.3 is 0 Å². The molecule has 3 heteroatoms. The molecule has 0 atom stereocenters. The van der Waals surface area contributed by atoms with Crippen LogP contribution in [0.15, 0.2) is 48.5 Å². The number of hydrogen-bond donors (Lipinski definition) is 0. The van der Waals surface area contributed by atoms with E-state index < -0.39 is 8.07 Å². The summed E-state index contributed by atoms with van der Waals surface area (Å²) in [4.78, 5) is 12.8. The van der Waals surface area contributed by atoms with Gasteiger partial charge in [-0.15, -0.1) is 0 Å². The minimum Gasteiger partial charge on any atom is -0.276 e. The number of hydrogen-bond acceptors (Lipinski definition) is 1. The Labute approximate surface area is 125 Å². The number of carbonyl (C=O) groups is 1. The zero-order valence-corrected chi connectivity index (χ0v) is 13.5. The van der Waals surface area contributed by atoms with E-state index in [-0.39, 0.29) is 5.91 Å². The zero-order chi connectivity index (χ0) is 14.8. The van der Waals surface area contributed by atoms with Crippen LogP contribution in [0.25, 0.3) is 22.2 Å². The summed E-state index contributed by atoms with van der Waals surface area (Å²) < 4.78 is 1.92. The molecule has 0 radical (unpaired) electrons. The van der Waals surface area contributed by atoms with E-state index in [1.807, 2.05) is 28.8 Å². The summed E-state index contributed by atoms with van der Waals surface area (Å²) in [5, 5.41) is 2.64. The van der Waals surface area contributed by atoms with Crippen LogP contribution in [0.2, 0.25) is 19.6 Å². The molecule has 21 heavy (non-hydrogen) atoms. The maximum Gasteiger partial charge on any atom is 0.263 e. The van der Waals surface area contributed by atoms with Gasteiger partial charge in [0, 0.05) is 11.1 Å². The van der Waals surface area contributed by atoms with Gasteiger partial charge in [0.2, 0.25) is 0 Å². The van der Waals surface area contributed by atoms with Gasteiger partial charge in [0.05, 0.1) is 19.3 Å². The van der Waals surface area contributed by atoms with Crippen molar-refractivity contribution in [3.05, 3.63) is 54.1 Å². The standard InChI is InChI=1S/C18H17NOSi/c1-21(2,3)17-14-10-6-7-11-15(14)19-16(17)12-8-4-5-9-13(12)18(19)20/h4-11H,1-3H3. The Morgan fingerprint density at radius 1 is 0.857 bits per heavy atom. The smallest absolute Gasteiger partial charge is 0.263 e. The maximum atomic E-state index is 12.8. The molecule has 0 N–H and O–H groups in total. The van der Waals surface area contributed by atoms with Crippen molar-refractivity contribution in [2.45, 2.75) is 19.6 Å².